The van der Waals surface area contributed by atoms with E-state index in [-0.39, 0.29) is 11.9 Å². The van der Waals surface area contributed by atoms with Gasteiger partial charge in [-0.3, -0.25) is 4.79 Å². The van der Waals surface area contributed by atoms with Gasteiger partial charge in [-0.15, -0.1) is 0 Å². The summed E-state index contributed by atoms with van der Waals surface area (Å²) in [6, 6.07) is 18.6. The standard InChI is InChI=1S/C18H20N2O/c1-13(14-6-3-2-4-7-14)19-17-9-5-8-15(12-17)18(21)20-16-10-11-16/h2-9,12-13,16,19H,10-11H2,1H3,(H,20,21). The molecule has 1 atom stereocenters. The third-order valence-electron chi connectivity index (χ3n) is 3.72. The highest BCUT2D eigenvalue weighted by molar-refractivity contribution is 5.95. The first-order valence-electron chi connectivity index (χ1n) is 7.45. The van der Waals surface area contributed by atoms with Crippen molar-refractivity contribution in [2.24, 2.45) is 0 Å². The monoisotopic (exact) mass is 280 g/mol. The topological polar surface area (TPSA) is 41.1 Å². The lowest BCUT2D eigenvalue weighted by molar-refractivity contribution is 0.0951. The normalized spacial score (nSPS) is 15.3. The van der Waals surface area contributed by atoms with Gasteiger partial charge in [-0.25, -0.2) is 0 Å². The average molecular weight is 280 g/mol. The number of nitrogens with one attached hydrogen (secondary N) is 2. The van der Waals surface area contributed by atoms with Crippen molar-refractivity contribution in [1.29, 1.82) is 0 Å². The van der Waals surface area contributed by atoms with E-state index in [0.717, 1.165) is 18.5 Å². The van der Waals surface area contributed by atoms with E-state index < -0.39 is 0 Å². The molecule has 3 rings (SSSR count). The molecule has 2 N–H and O–H groups in total. The van der Waals surface area contributed by atoms with E-state index in [1.807, 2.05) is 42.5 Å². The molecule has 108 valence electrons. The lowest BCUT2D eigenvalue weighted by atomic mass is 10.1. The summed E-state index contributed by atoms with van der Waals surface area (Å²) in [6.07, 6.45) is 2.21. The minimum absolute atomic E-state index is 0.0218. The molecule has 1 saturated carbocycles. The number of benzene rings is 2. The average Bonchev–Trinajstić information content (AvgIpc) is 3.32. The number of carbonyl (C=O) groups excluding carboxylic acids is 1. The first-order chi connectivity index (χ1) is 10.2. The van der Waals surface area contributed by atoms with Crippen LogP contribution in [0.2, 0.25) is 0 Å². The molecule has 2 aromatic rings. The second kappa shape index (κ2) is 6.00. The third-order valence-corrected chi connectivity index (χ3v) is 3.72. The van der Waals surface area contributed by atoms with Crippen LogP contribution in [0.5, 0.6) is 0 Å². The summed E-state index contributed by atoms with van der Waals surface area (Å²) >= 11 is 0. The molecule has 0 aliphatic heterocycles. The number of carbonyl (C=O) groups is 1. The molecular formula is C18H20N2O. The molecule has 0 bridgehead atoms. The molecule has 1 aliphatic carbocycles. The van der Waals surface area contributed by atoms with E-state index in [2.05, 4.69) is 29.7 Å². The highest BCUT2D eigenvalue weighted by Gasteiger charge is 2.23. The maximum absolute atomic E-state index is 12.1. The fraction of sp³-hybridized carbons (Fsp3) is 0.278. The molecule has 1 fully saturated rings. The highest BCUT2D eigenvalue weighted by atomic mass is 16.1. The molecule has 1 amide bonds. The number of hydrogen-bond acceptors (Lipinski definition) is 2. The van der Waals surface area contributed by atoms with Gasteiger partial charge in [-0.1, -0.05) is 36.4 Å². The molecular weight excluding hydrogens is 260 g/mol. The van der Waals surface area contributed by atoms with Gasteiger partial charge >= 0.3 is 0 Å². The van der Waals surface area contributed by atoms with Crippen LogP contribution in [0.4, 0.5) is 5.69 Å². The number of hydrogen-bond donors (Lipinski definition) is 2. The predicted octanol–water partition coefficient (Wildman–Crippen LogP) is 3.75. The predicted molar refractivity (Wildman–Crippen MR) is 85.4 cm³/mol. The minimum Gasteiger partial charge on any atom is -0.379 e. The van der Waals surface area contributed by atoms with Crippen molar-refractivity contribution in [1.82, 2.24) is 5.32 Å². The van der Waals surface area contributed by atoms with Crippen LogP contribution in [0.15, 0.2) is 54.6 Å². The zero-order chi connectivity index (χ0) is 14.7. The highest BCUT2D eigenvalue weighted by Crippen LogP contribution is 2.22. The van der Waals surface area contributed by atoms with Gasteiger partial charge in [0, 0.05) is 23.3 Å². The first-order valence-corrected chi connectivity index (χ1v) is 7.45. The number of rotatable bonds is 5. The maximum atomic E-state index is 12.1. The second-order valence-electron chi connectivity index (χ2n) is 5.61. The van der Waals surface area contributed by atoms with Gasteiger partial charge in [0.2, 0.25) is 0 Å². The Hall–Kier alpha value is -2.29. The number of anilines is 1. The molecule has 3 heteroatoms. The van der Waals surface area contributed by atoms with Crippen molar-refractivity contribution >= 4 is 11.6 Å². The van der Waals surface area contributed by atoms with Gasteiger partial charge in [0.25, 0.3) is 5.91 Å². The van der Waals surface area contributed by atoms with E-state index in [1.54, 1.807) is 0 Å². The smallest absolute Gasteiger partial charge is 0.251 e. The Balaban J connectivity index is 1.69. The van der Waals surface area contributed by atoms with Crippen LogP contribution in [0.3, 0.4) is 0 Å². The molecule has 0 saturated heterocycles. The van der Waals surface area contributed by atoms with Gasteiger partial charge in [-0.2, -0.15) is 0 Å². The Kier molecular flexibility index (Phi) is 3.91. The molecule has 0 heterocycles. The lowest BCUT2D eigenvalue weighted by Crippen LogP contribution is -2.25. The van der Waals surface area contributed by atoms with Crippen LogP contribution in [0, 0.1) is 0 Å². The summed E-state index contributed by atoms with van der Waals surface area (Å²) in [6.45, 7) is 2.12. The fourth-order valence-corrected chi connectivity index (χ4v) is 2.32. The zero-order valence-electron chi connectivity index (χ0n) is 12.2. The second-order valence-corrected chi connectivity index (χ2v) is 5.61. The van der Waals surface area contributed by atoms with Crippen LogP contribution < -0.4 is 10.6 Å². The van der Waals surface area contributed by atoms with Gasteiger partial charge < -0.3 is 10.6 Å². The molecule has 0 spiro atoms. The number of amides is 1. The van der Waals surface area contributed by atoms with E-state index in [9.17, 15) is 4.79 Å². The van der Waals surface area contributed by atoms with Crippen molar-refractivity contribution in [3.8, 4) is 0 Å². The Labute approximate surface area is 125 Å². The van der Waals surface area contributed by atoms with Crippen LogP contribution in [-0.4, -0.2) is 11.9 Å². The molecule has 0 radical (unpaired) electrons. The van der Waals surface area contributed by atoms with Gasteiger partial charge in [0.05, 0.1) is 0 Å². The van der Waals surface area contributed by atoms with Gasteiger partial charge in [-0.05, 0) is 43.5 Å². The first kappa shape index (κ1) is 13.7. The molecule has 3 nitrogen and oxygen atoms in total. The summed E-state index contributed by atoms with van der Waals surface area (Å²) in [5.74, 6) is 0.0218. The fourth-order valence-electron chi connectivity index (χ4n) is 2.32. The van der Waals surface area contributed by atoms with Crippen molar-refractivity contribution < 1.29 is 4.79 Å². The third kappa shape index (κ3) is 3.63. The Morgan fingerprint density at radius 1 is 1.10 bits per heavy atom. The summed E-state index contributed by atoms with van der Waals surface area (Å²) in [5, 5.41) is 6.46. The molecule has 21 heavy (non-hydrogen) atoms. The van der Waals surface area contributed by atoms with E-state index in [0.29, 0.717) is 11.6 Å². The Bertz CT molecular complexity index is 620. The zero-order valence-corrected chi connectivity index (χ0v) is 12.2. The Morgan fingerprint density at radius 3 is 2.57 bits per heavy atom. The molecule has 2 aromatic carbocycles. The summed E-state index contributed by atoms with van der Waals surface area (Å²) in [4.78, 5) is 12.1. The van der Waals surface area contributed by atoms with Gasteiger partial charge in [0.1, 0.15) is 0 Å². The van der Waals surface area contributed by atoms with Crippen molar-refractivity contribution in [2.45, 2.75) is 31.8 Å². The van der Waals surface area contributed by atoms with Crippen LogP contribution in [0.25, 0.3) is 0 Å². The Morgan fingerprint density at radius 2 is 1.86 bits per heavy atom. The van der Waals surface area contributed by atoms with Crippen LogP contribution in [0.1, 0.15) is 41.7 Å². The van der Waals surface area contributed by atoms with E-state index in [4.69, 9.17) is 0 Å². The maximum Gasteiger partial charge on any atom is 0.251 e. The summed E-state index contributed by atoms with van der Waals surface area (Å²) in [5.41, 5.74) is 2.91. The van der Waals surface area contributed by atoms with Crippen molar-refractivity contribution in [3.63, 3.8) is 0 Å². The minimum atomic E-state index is 0.0218. The van der Waals surface area contributed by atoms with Gasteiger partial charge in [0.15, 0.2) is 0 Å². The van der Waals surface area contributed by atoms with Crippen molar-refractivity contribution in [2.75, 3.05) is 5.32 Å². The van der Waals surface area contributed by atoms with E-state index >= 15 is 0 Å². The van der Waals surface area contributed by atoms with E-state index in [1.165, 1.54) is 5.56 Å². The molecule has 1 unspecified atom stereocenters. The quantitative estimate of drug-likeness (QED) is 0.875. The summed E-state index contributed by atoms with van der Waals surface area (Å²) < 4.78 is 0. The summed E-state index contributed by atoms with van der Waals surface area (Å²) in [7, 11) is 0. The lowest BCUT2D eigenvalue weighted by Gasteiger charge is -2.16. The van der Waals surface area contributed by atoms with Crippen LogP contribution in [-0.2, 0) is 0 Å². The SMILES string of the molecule is CC(Nc1cccc(C(=O)NC2CC2)c1)c1ccccc1. The largest absolute Gasteiger partial charge is 0.379 e. The van der Waals surface area contributed by atoms with Crippen molar-refractivity contribution in [3.05, 3.63) is 65.7 Å². The van der Waals surface area contributed by atoms with Crippen LogP contribution >= 0.6 is 0 Å². The molecule has 0 aromatic heterocycles. The molecule has 1 aliphatic rings.